The molecule has 0 radical (unpaired) electrons. The molecule has 5 heteroatoms. The Balaban J connectivity index is 2.74. The Bertz CT molecular complexity index is 377. The van der Waals surface area contributed by atoms with Crippen LogP contribution < -0.4 is 15.4 Å². The van der Waals surface area contributed by atoms with Gasteiger partial charge in [-0.2, -0.15) is 0 Å². The molecule has 0 spiro atoms. The zero-order valence-corrected chi connectivity index (χ0v) is 8.53. The first kappa shape index (κ1) is 11.0. The first-order valence-electron chi connectivity index (χ1n) is 4.39. The molecular formula is C10H12N2O3. The molecule has 0 aliphatic heterocycles. The first-order chi connectivity index (χ1) is 7.11. The van der Waals surface area contributed by atoms with Crippen LogP contribution >= 0.6 is 0 Å². The molecule has 0 aliphatic rings. The molecule has 1 rings (SSSR count). The second-order valence-corrected chi connectivity index (χ2v) is 2.83. The van der Waals surface area contributed by atoms with Gasteiger partial charge in [-0.1, -0.05) is 6.07 Å². The maximum absolute atomic E-state index is 11.0. The van der Waals surface area contributed by atoms with Gasteiger partial charge in [-0.25, -0.2) is 4.79 Å². The molecule has 1 aromatic rings. The van der Waals surface area contributed by atoms with Gasteiger partial charge < -0.3 is 15.4 Å². The number of ether oxygens (including phenoxy) is 1. The molecule has 80 valence electrons. The molecule has 0 saturated carbocycles. The zero-order valence-electron chi connectivity index (χ0n) is 8.53. The number of carbonyl (C=O) groups excluding carboxylic acids is 2. The minimum absolute atomic E-state index is 0.324. The smallest absolute Gasteiger partial charge is 0.318 e. The van der Waals surface area contributed by atoms with Crippen molar-refractivity contribution in [3.8, 4) is 5.75 Å². The van der Waals surface area contributed by atoms with Crippen molar-refractivity contribution in [1.82, 2.24) is 5.32 Å². The quantitative estimate of drug-likeness (QED) is 0.569. The van der Waals surface area contributed by atoms with Gasteiger partial charge in [-0.05, 0) is 12.1 Å². The van der Waals surface area contributed by atoms with Gasteiger partial charge in [-0.3, -0.25) is 4.79 Å². The third-order valence-corrected chi connectivity index (χ3v) is 1.58. The van der Waals surface area contributed by atoms with E-state index in [4.69, 9.17) is 4.74 Å². The highest BCUT2D eigenvalue weighted by atomic mass is 16.5. The largest absolute Gasteiger partial charge is 0.427 e. The fourth-order valence-corrected chi connectivity index (χ4v) is 0.997. The monoisotopic (exact) mass is 208 g/mol. The molecule has 0 unspecified atom stereocenters. The Morgan fingerprint density at radius 1 is 1.33 bits per heavy atom. The van der Waals surface area contributed by atoms with E-state index in [1.54, 1.807) is 24.3 Å². The van der Waals surface area contributed by atoms with Crippen LogP contribution in [0.15, 0.2) is 24.3 Å². The van der Waals surface area contributed by atoms with E-state index in [9.17, 15) is 9.59 Å². The number of urea groups is 1. The molecule has 0 aliphatic carbocycles. The van der Waals surface area contributed by atoms with E-state index in [0.717, 1.165) is 0 Å². The summed E-state index contributed by atoms with van der Waals surface area (Å²) in [4.78, 5) is 21.7. The highest BCUT2D eigenvalue weighted by molar-refractivity contribution is 5.89. The van der Waals surface area contributed by atoms with Gasteiger partial charge in [0.05, 0.1) is 0 Å². The van der Waals surface area contributed by atoms with Gasteiger partial charge in [-0.15, -0.1) is 0 Å². The van der Waals surface area contributed by atoms with Crippen molar-refractivity contribution < 1.29 is 14.3 Å². The number of esters is 1. The molecule has 5 nitrogen and oxygen atoms in total. The molecule has 0 aromatic heterocycles. The lowest BCUT2D eigenvalue weighted by Gasteiger charge is -2.06. The van der Waals surface area contributed by atoms with Gasteiger partial charge in [0.25, 0.3) is 0 Å². The van der Waals surface area contributed by atoms with E-state index in [1.165, 1.54) is 14.0 Å². The lowest BCUT2D eigenvalue weighted by molar-refractivity contribution is -0.131. The van der Waals surface area contributed by atoms with Crippen molar-refractivity contribution in [1.29, 1.82) is 0 Å². The molecule has 0 fully saturated rings. The van der Waals surface area contributed by atoms with Crippen molar-refractivity contribution in [3.63, 3.8) is 0 Å². The lowest BCUT2D eigenvalue weighted by Crippen LogP contribution is -2.24. The highest BCUT2D eigenvalue weighted by Crippen LogP contribution is 2.17. The van der Waals surface area contributed by atoms with E-state index in [1.807, 2.05) is 0 Å². The van der Waals surface area contributed by atoms with Crippen LogP contribution in [0.25, 0.3) is 0 Å². The summed E-state index contributed by atoms with van der Waals surface area (Å²) in [5.41, 5.74) is 0.563. The van der Waals surface area contributed by atoms with Crippen molar-refractivity contribution in [2.24, 2.45) is 0 Å². The number of hydrogen-bond acceptors (Lipinski definition) is 3. The van der Waals surface area contributed by atoms with Crippen molar-refractivity contribution in [2.75, 3.05) is 12.4 Å². The van der Waals surface area contributed by atoms with Gasteiger partial charge in [0.15, 0.2) is 0 Å². The average molecular weight is 208 g/mol. The van der Waals surface area contributed by atoms with Crippen LogP contribution in [0, 0.1) is 0 Å². The molecule has 0 heterocycles. The Morgan fingerprint density at radius 2 is 2.07 bits per heavy atom. The van der Waals surface area contributed by atoms with Crippen LogP contribution in [0.3, 0.4) is 0 Å². The van der Waals surface area contributed by atoms with Crippen LogP contribution in [0.1, 0.15) is 6.92 Å². The third kappa shape index (κ3) is 3.68. The number of hydrogen-bond donors (Lipinski definition) is 2. The topological polar surface area (TPSA) is 67.4 Å². The second-order valence-electron chi connectivity index (χ2n) is 2.83. The third-order valence-electron chi connectivity index (χ3n) is 1.58. The van der Waals surface area contributed by atoms with E-state index < -0.39 is 5.97 Å². The van der Waals surface area contributed by atoms with Crippen LogP contribution in [0.5, 0.6) is 5.75 Å². The van der Waals surface area contributed by atoms with Crippen LogP contribution in [-0.4, -0.2) is 19.0 Å². The molecule has 0 saturated heterocycles. The fraction of sp³-hybridized carbons (Fsp3) is 0.200. The zero-order chi connectivity index (χ0) is 11.3. The van der Waals surface area contributed by atoms with Crippen molar-refractivity contribution >= 4 is 17.7 Å². The standard InChI is InChI=1S/C10H12N2O3/c1-7(13)15-9-5-3-4-8(6-9)12-10(14)11-2/h3-6H,1-2H3,(H2,11,12,14). The number of amides is 2. The molecule has 0 bridgehead atoms. The summed E-state index contributed by atoms with van der Waals surface area (Å²) in [5, 5.41) is 4.98. The van der Waals surface area contributed by atoms with Crippen molar-refractivity contribution in [2.45, 2.75) is 6.92 Å². The summed E-state index contributed by atoms with van der Waals surface area (Å²) in [5.74, 6) is 0.00324. The summed E-state index contributed by atoms with van der Waals surface area (Å²) < 4.78 is 4.86. The summed E-state index contributed by atoms with van der Waals surface area (Å²) >= 11 is 0. The van der Waals surface area contributed by atoms with Crippen molar-refractivity contribution in [3.05, 3.63) is 24.3 Å². The summed E-state index contributed by atoms with van der Waals surface area (Å²) in [6, 6.07) is 6.26. The lowest BCUT2D eigenvalue weighted by atomic mass is 10.3. The predicted octanol–water partition coefficient (Wildman–Crippen LogP) is 1.36. The number of anilines is 1. The normalized spacial score (nSPS) is 9.20. The van der Waals surface area contributed by atoms with Gasteiger partial charge in [0, 0.05) is 25.7 Å². The Kier molecular flexibility index (Phi) is 3.68. The van der Waals surface area contributed by atoms with Crippen LogP contribution in [0.2, 0.25) is 0 Å². The molecule has 2 N–H and O–H groups in total. The van der Waals surface area contributed by atoms with E-state index in [0.29, 0.717) is 11.4 Å². The minimum Gasteiger partial charge on any atom is -0.427 e. The molecule has 1 aromatic carbocycles. The summed E-state index contributed by atoms with van der Waals surface area (Å²) in [6.07, 6.45) is 0. The molecule has 2 amide bonds. The second kappa shape index (κ2) is 4.99. The molecule has 0 atom stereocenters. The van der Waals surface area contributed by atoms with Crippen LogP contribution in [-0.2, 0) is 4.79 Å². The molecular weight excluding hydrogens is 196 g/mol. The van der Waals surface area contributed by atoms with Gasteiger partial charge in [0.2, 0.25) is 0 Å². The van der Waals surface area contributed by atoms with E-state index in [2.05, 4.69) is 10.6 Å². The Hall–Kier alpha value is -2.04. The maximum atomic E-state index is 11.0. The highest BCUT2D eigenvalue weighted by Gasteiger charge is 2.01. The number of carbonyl (C=O) groups is 2. The van der Waals surface area contributed by atoms with Gasteiger partial charge >= 0.3 is 12.0 Å². The Labute approximate surface area is 87.4 Å². The predicted molar refractivity (Wildman–Crippen MR) is 55.8 cm³/mol. The van der Waals surface area contributed by atoms with E-state index >= 15 is 0 Å². The summed E-state index contributed by atoms with van der Waals surface area (Å²) in [7, 11) is 1.52. The number of benzene rings is 1. The maximum Gasteiger partial charge on any atom is 0.318 e. The Morgan fingerprint density at radius 3 is 2.67 bits per heavy atom. The van der Waals surface area contributed by atoms with E-state index in [-0.39, 0.29) is 6.03 Å². The number of nitrogens with one attached hydrogen (secondary N) is 2. The molecule has 15 heavy (non-hydrogen) atoms. The average Bonchev–Trinajstić information content (AvgIpc) is 2.17. The van der Waals surface area contributed by atoms with Gasteiger partial charge in [0.1, 0.15) is 5.75 Å². The first-order valence-corrected chi connectivity index (χ1v) is 4.39. The SMILES string of the molecule is CNC(=O)Nc1cccc(OC(C)=O)c1. The minimum atomic E-state index is -0.396. The summed E-state index contributed by atoms with van der Waals surface area (Å²) in [6.45, 7) is 1.32. The number of rotatable bonds is 2. The van der Waals surface area contributed by atoms with Crippen LogP contribution in [0.4, 0.5) is 10.5 Å². The fourth-order valence-electron chi connectivity index (χ4n) is 0.997.